The van der Waals surface area contributed by atoms with E-state index in [1.807, 2.05) is 109 Å². The molecule has 0 bridgehead atoms. The SMILES string of the molecule is [2H]c1c([2H])c([2H])c2c(c1[2H])c1c([2H])c(-c3ccc4c(c3)c3c(-c5ccc(-c6ccccc6)cc5)cccc3n4-c3ccc(-c4ccccc4)cc3)c([2H])c([2H])c1n2-c1ccc(-c2ccccc2)cc1. The molecule has 0 unspecified atom stereocenters. The number of aromatic nitrogens is 2. The second kappa shape index (κ2) is 14.8. The molecule has 10 aromatic carbocycles. The van der Waals surface area contributed by atoms with Crippen molar-refractivity contribution in [3.8, 4) is 67.0 Å². The molecule has 0 atom stereocenters. The smallest absolute Gasteiger partial charge is 0.0645 e. The Morgan fingerprint density at radius 2 is 0.774 bits per heavy atom. The number of para-hydroxylation sites is 1. The van der Waals surface area contributed by atoms with E-state index in [2.05, 4.69) is 95.6 Å². The fraction of sp³-hybridized carbons (Fsp3) is 0. The molecule has 2 heterocycles. The van der Waals surface area contributed by atoms with Crippen molar-refractivity contribution in [3.05, 3.63) is 242 Å². The van der Waals surface area contributed by atoms with Gasteiger partial charge in [-0.05, 0) is 116 Å². The lowest BCUT2D eigenvalue weighted by Gasteiger charge is -2.11. The van der Waals surface area contributed by atoms with Crippen molar-refractivity contribution in [1.82, 2.24) is 9.13 Å². The van der Waals surface area contributed by atoms with Crippen LogP contribution in [0.15, 0.2) is 242 Å². The van der Waals surface area contributed by atoms with Crippen LogP contribution in [0, 0.1) is 0 Å². The Morgan fingerprint density at radius 1 is 0.290 bits per heavy atom. The summed E-state index contributed by atoms with van der Waals surface area (Å²) in [7, 11) is 0. The Kier molecular flexibility index (Phi) is 6.95. The molecule has 0 saturated carbocycles. The van der Waals surface area contributed by atoms with Crippen molar-refractivity contribution in [3.63, 3.8) is 0 Å². The lowest BCUT2D eigenvalue weighted by molar-refractivity contribution is 1.18. The Labute approximate surface area is 370 Å². The molecule has 290 valence electrons. The molecule has 62 heavy (non-hydrogen) atoms. The fourth-order valence-corrected chi connectivity index (χ4v) is 9.00. The molecule has 0 N–H and O–H groups in total. The minimum absolute atomic E-state index is 0.0861. The van der Waals surface area contributed by atoms with Crippen molar-refractivity contribution in [2.75, 3.05) is 0 Å². The van der Waals surface area contributed by atoms with Crippen LogP contribution in [-0.2, 0) is 0 Å². The van der Waals surface area contributed by atoms with Gasteiger partial charge in [-0.2, -0.15) is 0 Å². The van der Waals surface area contributed by atoms with E-state index in [1.54, 1.807) is 4.57 Å². The predicted octanol–water partition coefficient (Wildman–Crippen LogP) is 16.2. The van der Waals surface area contributed by atoms with Gasteiger partial charge in [-0.3, -0.25) is 0 Å². The van der Waals surface area contributed by atoms with Crippen LogP contribution < -0.4 is 0 Å². The number of nitrogens with zero attached hydrogens (tertiary/aromatic N) is 2. The highest BCUT2D eigenvalue weighted by atomic mass is 15.0. The minimum Gasteiger partial charge on any atom is -0.309 e. The average molecular weight is 796 g/mol. The molecular formula is C60H40N2. The van der Waals surface area contributed by atoms with E-state index in [-0.39, 0.29) is 57.6 Å². The summed E-state index contributed by atoms with van der Waals surface area (Å²) in [4.78, 5) is 0. The molecule has 0 aliphatic rings. The van der Waals surface area contributed by atoms with Gasteiger partial charge in [0.15, 0.2) is 0 Å². The molecule has 12 rings (SSSR count). The molecule has 0 spiro atoms. The number of hydrogen-bond donors (Lipinski definition) is 0. The van der Waals surface area contributed by atoms with Crippen molar-refractivity contribution in [2.24, 2.45) is 0 Å². The number of hydrogen-bond acceptors (Lipinski definition) is 0. The van der Waals surface area contributed by atoms with Crippen LogP contribution >= 0.6 is 0 Å². The molecule has 0 fully saturated rings. The Morgan fingerprint density at radius 3 is 1.37 bits per heavy atom. The molecule has 12 aromatic rings. The van der Waals surface area contributed by atoms with E-state index in [4.69, 9.17) is 2.74 Å². The second-order valence-corrected chi connectivity index (χ2v) is 15.6. The van der Waals surface area contributed by atoms with E-state index in [1.165, 1.54) is 0 Å². The highest BCUT2D eigenvalue weighted by molar-refractivity contribution is 6.17. The topological polar surface area (TPSA) is 9.86 Å². The van der Waals surface area contributed by atoms with E-state index < -0.39 is 12.1 Å². The third-order valence-corrected chi connectivity index (χ3v) is 12.0. The quantitative estimate of drug-likeness (QED) is 0.152. The second-order valence-electron chi connectivity index (χ2n) is 15.6. The third-order valence-electron chi connectivity index (χ3n) is 12.0. The summed E-state index contributed by atoms with van der Waals surface area (Å²) < 4.78 is 69.2. The maximum atomic E-state index is 10.0. The molecule has 2 aromatic heterocycles. The first-order valence-electron chi connectivity index (χ1n) is 24.3. The molecule has 0 aliphatic heterocycles. The van der Waals surface area contributed by atoms with Crippen molar-refractivity contribution >= 4 is 43.6 Å². The largest absolute Gasteiger partial charge is 0.309 e. The number of rotatable bonds is 7. The highest BCUT2D eigenvalue weighted by Crippen LogP contribution is 2.42. The highest BCUT2D eigenvalue weighted by Gasteiger charge is 2.19. The maximum absolute atomic E-state index is 10.0. The Bertz CT molecular complexity index is 3980. The lowest BCUT2D eigenvalue weighted by Crippen LogP contribution is -1.94. The third kappa shape index (κ3) is 6.04. The van der Waals surface area contributed by atoms with Crippen LogP contribution in [0.2, 0.25) is 0 Å². The van der Waals surface area contributed by atoms with Gasteiger partial charge in [-0.25, -0.2) is 0 Å². The van der Waals surface area contributed by atoms with E-state index in [0.717, 1.165) is 72.0 Å². The van der Waals surface area contributed by atoms with E-state index in [9.17, 15) is 6.85 Å². The zero-order valence-corrected chi connectivity index (χ0v) is 33.4. The minimum atomic E-state index is -0.427. The summed E-state index contributed by atoms with van der Waals surface area (Å²) >= 11 is 0. The normalized spacial score (nSPS) is 13.1. The molecule has 0 aliphatic carbocycles. The van der Waals surface area contributed by atoms with Crippen LogP contribution in [-0.4, -0.2) is 9.13 Å². The molecule has 0 radical (unpaired) electrons. The zero-order valence-electron chi connectivity index (χ0n) is 40.4. The van der Waals surface area contributed by atoms with Gasteiger partial charge in [0, 0.05) is 32.9 Å². The predicted molar refractivity (Wildman–Crippen MR) is 262 cm³/mol. The van der Waals surface area contributed by atoms with Crippen molar-refractivity contribution < 1.29 is 9.60 Å². The zero-order chi connectivity index (χ0) is 47.1. The first-order chi connectivity index (χ1) is 33.7. The lowest BCUT2D eigenvalue weighted by atomic mass is 9.95. The average Bonchev–Trinajstić information content (AvgIpc) is 3.94. The van der Waals surface area contributed by atoms with Crippen LogP contribution in [0.3, 0.4) is 0 Å². The van der Waals surface area contributed by atoms with Gasteiger partial charge in [0.2, 0.25) is 0 Å². The fourth-order valence-electron chi connectivity index (χ4n) is 9.00. The van der Waals surface area contributed by atoms with E-state index >= 15 is 0 Å². The van der Waals surface area contributed by atoms with Gasteiger partial charge in [-0.1, -0.05) is 182 Å². The van der Waals surface area contributed by atoms with Gasteiger partial charge in [0.05, 0.1) is 31.7 Å². The van der Waals surface area contributed by atoms with Gasteiger partial charge >= 0.3 is 0 Å². The van der Waals surface area contributed by atoms with E-state index in [0.29, 0.717) is 11.3 Å². The van der Waals surface area contributed by atoms with Crippen molar-refractivity contribution in [1.29, 1.82) is 0 Å². The van der Waals surface area contributed by atoms with Crippen molar-refractivity contribution in [2.45, 2.75) is 0 Å². The first-order valence-corrected chi connectivity index (χ1v) is 20.8. The van der Waals surface area contributed by atoms with Crippen LogP contribution in [0.25, 0.3) is 111 Å². The summed E-state index contributed by atoms with van der Waals surface area (Å²) in [6.07, 6.45) is 0. The summed E-state index contributed by atoms with van der Waals surface area (Å²) in [5, 5.41) is 2.22. The van der Waals surface area contributed by atoms with Gasteiger partial charge in [0.1, 0.15) is 0 Å². The molecule has 2 nitrogen and oxygen atoms in total. The van der Waals surface area contributed by atoms with Crippen LogP contribution in [0.1, 0.15) is 9.60 Å². The number of fused-ring (bicyclic) bond motifs is 6. The maximum Gasteiger partial charge on any atom is 0.0645 e. The summed E-state index contributed by atoms with van der Waals surface area (Å²) in [5.41, 5.74) is 13.0. The van der Waals surface area contributed by atoms with Gasteiger partial charge in [-0.15, -0.1) is 0 Å². The van der Waals surface area contributed by atoms with Gasteiger partial charge in [0.25, 0.3) is 0 Å². The summed E-state index contributed by atoms with van der Waals surface area (Å²) in [5.74, 6) is 0. The Balaban J connectivity index is 1.10. The number of benzene rings is 10. The summed E-state index contributed by atoms with van der Waals surface area (Å²) in [6.45, 7) is 0. The summed E-state index contributed by atoms with van der Waals surface area (Å²) in [6, 6.07) is 65.6. The first kappa shape index (κ1) is 29.1. The Hall–Kier alpha value is -8.20. The molecular weight excluding hydrogens is 749 g/mol. The monoisotopic (exact) mass is 795 g/mol. The molecule has 0 amide bonds. The standard InChI is InChI=1S/C60H40N2/c1-4-13-41(14-5-1)44-23-25-47(26-24-44)52-20-12-22-59-60(52)55-40-49(32-38-58(55)62(59)51-35-29-46(30-36-51)43-17-8-3-9-18-43)48-31-37-57-54(39-48)53-19-10-11-21-56(53)61(57)50-33-27-45(28-34-50)42-15-6-2-7-16-42/h1-40H/i10D,11D,19D,21D,31D,37D,39D. The van der Waals surface area contributed by atoms with Crippen LogP contribution in [0.5, 0.6) is 0 Å². The molecule has 2 heteroatoms. The van der Waals surface area contributed by atoms with Gasteiger partial charge < -0.3 is 9.13 Å². The van der Waals surface area contributed by atoms with Crippen LogP contribution in [0.4, 0.5) is 0 Å². The molecule has 0 saturated heterocycles.